The van der Waals surface area contributed by atoms with Crippen molar-refractivity contribution >= 4 is 0 Å². The molecule has 1 aromatic heterocycles. The van der Waals surface area contributed by atoms with E-state index in [4.69, 9.17) is 5.10 Å². The first-order valence-corrected chi connectivity index (χ1v) is 9.96. The van der Waals surface area contributed by atoms with Gasteiger partial charge in [0.05, 0.1) is 12.2 Å². The van der Waals surface area contributed by atoms with Crippen LogP contribution in [0.2, 0.25) is 0 Å². The Morgan fingerprint density at radius 1 is 1.20 bits per heavy atom. The van der Waals surface area contributed by atoms with E-state index in [1.807, 2.05) is 0 Å². The molecule has 0 unspecified atom stereocenters. The molecule has 0 spiro atoms. The summed E-state index contributed by atoms with van der Waals surface area (Å²) in [5.41, 5.74) is 3.61. The maximum Gasteiger partial charge on any atom is 0.0638 e. The van der Waals surface area contributed by atoms with Gasteiger partial charge < -0.3 is 15.1 Å². The summed E-state index contributed by atoms with van der Waals surface area (Å²) in [6, 6.07) is 0.844. The summed E-state index contributed by atoms with van der Waals surface area (Å²) >= 11 is 0. The summed E-state index contributed by atoms with van der Waals surface area (Å²) in [6.07, 6.45) is 7.70. The van der Waals surface area contributed by atoms with E-state index in [1.54, 1.807) is 0 Å². The van der Waals surface area contributed by atoms with E-state index in [2.05, 4.69) is 46.4 Å². The summed E-state index contributed by atoms with van der Waals surface area (Å²) in [7, 11) is 0. The molecule has 0 aromatic carbocycles. The molecule has 1 N–H and O–H groups in total. The zero-order chi connectivity index (χ0) is 17.6. The van der Waals surface area contributed by atoms with Gasteiger partial charge in [-0.1, -0.05) is 12.2 Å². The van der Waals surface area contributed by atoms with Gasteiger partial charge in [0, 0.05) is 37.4 Å². The van der Waals surface area contributed by atoms with Gasteiger partial charge in [-0.3, -0.25) is 4.68 Å². The van der Waals surface area contributed by atoms with Crippen LogP contribution in [0.4, 0.5) is 0 Å². The summed E-state index contributed by atoms with van der Waals surface area (Å²) in [6.45, 7) is 17.1. The molecule has 0 radical (unpaired) electrons. The quantitative estimate of drug-likeness (QED) is 0.734. The van der Waals surface area contributed by atoms with Gasteiger partial charge >= 0.3 is 0 Å². The van der Waals surface area contributed by atoms with Crippen LogP contribution in [-0.4, -0.2) is 64.9 Å². The number of nitrogens with zero attached hydrogens (tertiary/aromatic N) is 4. The van der Waals surface area contributed by atoms with E-state index in [-0.39, 0.29) is 0 Å². The molecule has 1 aromatic rings. The van der Waals surface area contributed by atoms with E-state index in [1.165, 1.54) is 63.0 Å². The largest absolute Gasteiger partial charge is 0.309 e. The van der Waals surface area contributed by atoms with Crippen LogP contribution >= 0.6 is 0 Å². The first-order valence-electron chi connectivity index (χ1n) is 9.96. The van der Waals surface area contributed by atoms with E-state index in [9.17, 15) is 0 Å². The van der Waals surface area contributed by atoms with Crippen LogP contribution in [0, 0.1) is 6.92 Å². The average Bonchev–Trinajstić information content (AvgIpc) is 3.24. The topological polar surface area (TPSA) is 36.3 Å². The van der Waals surface area contributed by atoms with Crippen LogP contribution in [0.3, 0.4) is 0 Å². The van der Waals surface area contributed by atoms with Gasteiger partial charge in [-0.05, 0) is 65.7 Å². The maximum absolute atomic E-state index is 4.69. The number of aromatic nitrogens is 2. The average molecular weight is 346 g/mol. The van der Waals surface area contributed by atoms with Gasteiger partial charge in [-0.2, -0.15) is 5.10 Å². The summed E-state index contributed by atoms with van der Waals surface area (Å²) in [5, 5.41) is 8.11. The number of piperidine rings is 1. The van der Waals surface area contributed by atoms with Crippen molar-refractivity contribution in [2.75, 3.05) is 39.3 Å². The third-order valence-electron chi connectivity index (χ3n) is 5.65. The number of hydrogen-bond donors (Lipinski definition) is 1. The minimum atomic E-state index is 0.844. The van der Waals surface area contributed by atoms with Gasteiger partial charge in [0.15, 0.2) is 0 Å². The van der Waals surface area contributed by atoms with Crippen LogP contribution in [-0.2, 0) is 13.1 Å². The molecule has 0 atom stereocenters. The molecule has 5 nitrogen and oxygen atoms in total. The lowest BCUT2D eigenvalue weighted by Crippen LogP contribution is -2.44. The Hall–Kier alpha value is -1.17. The molecule has 25 heavy (non-hydrogen) atoms. The molecule has 5 heteroatoms. The van der Waals surface area contributed by atoms with Crippen molar-refractivity contribution in [1.29, 1.82) is 0 Å². The summed E-state index contributed by atoms with van der Waals surface area (Å²) in [5.74, 6) is 0. The number of hydrogen-bond acceptors (Lipinski definition) is 4. The van der Waals surface area contributed by atoms with Gasteiger partial charge in [0.25, 0.3) is 0 Å². The predicted molar refractivity (Wildman–Crippen MR) is 104 cm³/mol. The Kier molecular flexibility index (Phi) is 6.68. The van der Waals surface area contributed by atoms with E-state index >= 15 is 0 Å². The monoisotopic (exact) mass is 345 g/mol. The van der Waals surface area contributed by atoms with Crippen molar-refractivity contribution in [3.05, 3.63) is 29.6 Å². The number of likely N-dealkylation sites (tertiary alicyclic amines) is 2. The standard InChI is InChI=1S/C20H35N5/c1-17(2)14-21-15-19-16-25(22-18(19)3)13-12-23-10-6-20(7-11-23)24-8-4-5-9-24/h16,20-21H,1,4-15H2,2-3H3. The molecule has 2 aliphatic rings. The molecular formula is C20H35N5. The molecule has 0 amide bonds. The lowest BCUT2D eigenvalue weighted by atomic mass is 10.0. The van der Waals surface area contributed by atoms with E-state index < -0.39 is 0 Å². The highest BCUT2D eigenvalue weighted by Gasteiger charge is 2.26. The summed E-state index contributed by atoms with van der Waals surface area (Å²) < 4.78 is 2.12. The first kappa shape index (κ1) is 18.6. The van der Waals surface area contributed by atoms with Crippen LogP contribution in [0.25, 0.3) is 0 Å². The Labute approximate surface area is 153 Å². The fourth-order valence-corrected chi connectivity index (χ4v) is 4.12. The van der Waals surface area contributed by atoms with Gasteiger partial charge in [-0.25, -0.2) is 0 Å². The van der Waals surface area contributed by atoms with Crippen molar-refractivity contribution in [2.45, 2.75) is 58.7 Å². The van der Waals surface area contributed by atoms with E-state index in [0.29, 0.717) is 0 Å². The SMILES string of the molecule is C=C(C)CNCc1cn(CCN2CCC(N3CCCC3)CC2)nc1C. The molecule has 2 aliphatic heterocycles. The molecule has 2 saturated heterocycles. The van der Waals surface area contributed by atoms with Crippen molar-refractivity contribution in [3.63, 3.8) is 0 Å². The van der Waals surface area contributed by atoms with E-state index in [0.717, 1.165) is 37.9 Å². The molecule has 0 saturated carbocycles. The molecule has 2 fully saturated rings. The smallest absolute Gasteiger partial charge is 0.0638 e. The highest BCUT2D eigenvalue weighted by atomic mass is 15.3. The van der Waals surface area contributed by atoms with Crippen LogP contribution in [0.1, 0.15) is 43.9 Å². The zero-order valence-corrected chi connectivity index (χ0v) is 16.1. The zero-order valence-electron chi connectivity index (χ0n) is 16.1. The first-order chi connectivity index (χ1) is 12.1. The highest BCUT2D eigenvalue weighted by molar-refractivity contribution is 5.15. The van der Waals surface area contributed by atoms with Crippen molar-refractivity contribution in [1.82, 2.24) is 24.9 Å². The minimum Gasteiger partial charge on any atom is -0.309 e. The number of rotatable bonds is 8. The third-order valence-corrected chi connectivity index (χ3v) is 5.65. The Bertz CT molecular complexity index is 550. The molecule has 3 rings (SSSR count). The van der Waals surface area contributed by atoms with Gasteiger partial charge in [0.1, 0.15) is 0 Å². The number of nitrogens with one attached hydrogen (secondary N) is 1. The van der Waals surface area contributed by atoms with Crippen molar-refractivity contribution < 1.29 is 0 Å². The lowest BCUT2D eigenvalue weighted by molar-refractivity contribution is 0.123. The Balaban J connectivity index is 1.39. The highest BCUT2D eigenvalue weighted by Crippen LogP contribution is 2.21. The van der Waals surface area contributed by atoms with Crippen LogP contribution in [0.5, 0.6) is 0 Å². The maximum atomic E-state index is 4.69. The van der Waals surface area contributed by atoms with Gasteiger partial charge in [0.2, 0.25) is 0 Å². The molecular weight excluding hydrogens is 310 g/mol. The minimum absolute atomic E-state index is 0.844. The lowest BCUT2D eigenvalue weighted by Gasteiger charge is -2.36. The van der Waals surface area contributed by atoms with Crippen LogP contribution in [0.15, 0.2) is 18.3 Å². The fourth-order valence-electron chi connectivity index (χ4n) is 4.12. The summed E-state index contributed by atoms with van der Waals surface area (Å²) in [4.78, 5) is 5.33. The van der Waals surface area contributed by atoms with Gasteiger partial charge in [-0.15, -0.1) is 0 Å². The second-order valence-corrected chi connectivity index (χ2v) is 7.88. The molecule has 3 heterocycles. The number of aryl methyl sites for hydroxylation is 1. The normalized spacial score (nSPS) is 20.4. The van der Waals surface area contributed by atoms with Crippen molar-refractivity contribution in [2.24, 2.45) is 0 Å². The second-order valence-electron chi connectivity index (χ2n) is 7.88. The van der Waals surface area contributed by atoms with Crippen LogP contribution < -0.4 is 5.32 Å². The Morgan fingerprint density at radius 2 is 1.92 bits per heavy atom. The third kappa shape index (κ3) is 5.40. The Morgan fingerprint density at radius 3 is 2.60 bits per heavy atom. The molecule has 0 aliphatic carbocycles. The predicted octanol–water partition coefficient (Wildman–Crippen LogP) is 2.42. The second kappa shape index (κ2) is 8.97. The molecule has 140 valence electrons. The fraction of sp³-hybridized carbons (Fsp3) is 0.750. The van der Waals surface area contributed by atoms with Crippen molar-refractivity contribution in [3.8, 4) is 0 Å². The molecule has 0 bridgehead atoms.